The molecule has 0 radical (unpaired) electrons. The first kappa shape index (κ1) is 11.4. The topological polar surface area (TPSA) is 122 Å². The van der Waals surface area contributed by atoms with Crippen LogP contribution in [0.1, 0.15) is 17.4 Å². The van der Waals surface area contributed by atoms with Crippen molar-refractivity contribution in [3.05, 3.63) is 23.5 Å². The third-order valence-corrected chi connectivity index (χ3v) is 2.07. The van der Waals surface area contributed by atoms with E-state index in [4.69, 9.17) is 11.5 Å². The van der Waals surface area contributed by atoms with Gasteiger partial charge in [-0.15, -0.1) is 0 Å². The van der Waals surface area contributed by atoms with Crippen molar-refractivity contribution in [2.24, 2.45) is 5.73 Å². The Morgan fingerprint density at radius 3 is 2.60 bits per heavy atom. The highest BCUT2D eigenvalue weighted by Crippen LogP contribution is 2.18. The first-order chi connectivity index (χ1) is 6.93. The van der Waals surface area contributed by atoms with Crippen LogP contribution in [-0.4, -0.2) is 27.2 Å². The Morgan fingerprint density at radius 1 is 1.53 bits per heavy atom. The number of aliphatic hydroxyl groups is 2. The molecule has 6 N–H and O–H groups in total. The summed E-state index contributed by atoms with van der Waals surface area (Å²) in [5.41, 5.74) is 11.7. The smallest absolute Gasteiger partial charge is 0.249 e. The molecule has 0 bridgehead atoms. The Bertz CT molecular complexity index is 381. The monoisotopic (exact) mass is 211 g/mol. The molecule has 0 spiro atoms. The number of primary amides is 1. The molecular formula is C9H13N3O3. The third-order valence-electron chi connectivity index (χ3n) is 2.07. The second-order valence-corrected chi connectivity index (χ2v) is 3.26. The molecule has 1 aromatic rings. The molecule has 0 aromatic carbocycles. The van der Waals surface area contributed by atoms with Gasteiger partial charge in [-0.05, 0) is 18.6 Å². The molecule has 2 unspecified atom stereocenters. The number of carbonyl (C=O) groups excluding carboxylic acids is 1. The van der Waals surface area contributed by atoms with E-state index in [1.807, 2.05) is 0 Å². The van der Waals surface area contributed by atoms with Gasteiger partial charge in [0.15, 0.2) is 6.10 Å². The fourth-order valence-corrected chi connectivity index (χ4v) is 1.07. The molecule has 1 amide bonds. The summed E-state index contributed by atoms with van der Waals surface area (Å²) < 4.78 is 0. The minimum Gasteiger partial charge on any atom is -0.397 e. The maximum absolute atomic E-state index is 10.6. The number of nitrogens with two attached hydrogens (primary N) is 2. The fourth-order valence-electron chi connectivity index (χ4n) is 1.07. The van der Waals surface area contributed by atoms with Gasteiger partial charge in [-0.3, -0.25) is 9.78 Å². The van der Waals surface area contributed by atoms with Gasteiger partial charge in [-0.25, -0.2) is 0 Å². The van der Waals surface area contributed by atoms with E-state index in [1.54, 1.807) is 6.92 Å². The minimum atomic E-state index is -1.67. The number of nitrogens with zero attached hydrogens (tertiary/aromatic N) is 1. The Hall–Kier alpha value is -1.66. The van der Waals surface area contributed by atoms with E-state index in [1.165, 1.54) is 12.3 Å². The summed E-state index contributed by atoms with van der Waals surface area (Å²) in [6.07, 6.45) is -1.75. The van der Waals surface area contributed by atoms with Gasteiger partial charge in [0, 0.05) is 0 Å². The van der Waals surface area contributed by atoms with Gasteiger partial charge in [0.2, 0.25) is 5.91 Å². The lowest BCUT2D eigenvalue weighted by Crippen LogP contribution is -2.34. The normalized spacial score (nSPS) is 14.6. The maximum atomic E-state index is 10.6. The van der Waals surface area contributed by atoms with Gasteiger partial charge in [-0.2, -0.15) is 0 Å². The molecule has 6 heteroatoms. The molecule has 0 saturated carbocycles. The molecule has 0 fully saturated rings. The highest BCUT2D eigenvalue weighted by molar-refractivity contribution is 5.79. The van der Waals surface area contributed by atoms with Crippen LogP contribution in [0, 0.1) is 6.92 Å². The van der Waals surface area contributed by atoms with Crippen LogP contribution in [0.5, 0.6) is 0 Å². The summed E-state index contributed by atoms with van der Waals surface area (Å²) in [6, 6.07) is 1.49. The number of carbonyl (C=O) groups is 1. The summed E-state index contributed by atoms with van der Waals surface area (Å²) in [6.45, 7) is 1.73. The van der Waals surface area contributed by atoms with Crippen molar-refractivity contribution in [3.8, 4) is 0 Å². The van der Waals surface area contributed by atoms with E-state index in [9.17, 15) is 15.0 Å². The second-order valence-electron chi connectivity index (χ2n) is 3.26. The van der Waals surface area contributed by atoms with Crippen LogP contribution in [0.25, 0.3) is 0 Å². The SMILES string of the molecule is Cc1cc(C(O)C(O)C(N)=O)ncc1N. The van der Waals surface area contributed by atoms with Crippen molar-refractivity contribution in [1.82, 2.24) is 4.98 Å². The lowest BCUT2D eigenvalue weighted by molar-refractivity contribution is -0.132. The van der Waals surface area contributed by atoms with Gasteiger partial charge < -0.3 is 21.7 Å². The molecule has 6 nitrogen and oxygen atoms in total. The van der Waals surface area contributed by atoms with Crippen molar-refractivity contribution >= 4 is 11.6 Å². The second kappa shape index (κ2) is 4.24. The fraction of sp³-hybridized carbons (Fsp3) is 0.333. The Balaban J connectivity index is 2.96. The van der Waals surface area contributed by atoms with Gasteiger partial charge >= 0.3 is 0 Å². The van der Waals surface area contributed by atoms with Crippen molar-refractivity contribution < 1.29 is 15.0 Å². The molecule has 1 rings (SSSR count). The molecule has 1 aromatic heterocycles. The van der Waals surface area contributed by atoms with Gasteiger partial charge in [-0.1, -0.05) is 0 Å². The summed E-state index contributed by atoms with van der Waals surface area (Å²) in [4.78, 5) is 14.4. The standard InChI is InChI=1S/C9H13N3O3/c1-4-2-6(12-3-5(4)10)7(13)8(14)9(11)15/h2-3,7-8,13-14H,10H2,1H3,(H2,11,15). The summed E-state index contributed by atoms with van der Waals surface area (Å²) in [7, 11) is 0. The number of amides is 1. The summed E-state index contributed by atoms with van der Waals surface area (Å²) >= 11 is 0. The lowest BCUT2D eigenvalue weighted by Gasteiger charge is -2.14. The quantitative estimate of drug-likeness (QED) is 0.503. The lowest BCUT2D eigenvalue weighted by atomic mass is 10.1. The molecule has 82 valence electrons. The van der Waals surface area contributed by atoms with Crippen LogP contribution < -0.4 is 11.5 Å². The number of pyridine rings is 1. The minimum absolute atomic E-state index is 0.160. The highest BCUT2D eigenvalue weighted by atomic mass is 16.3. The van der Waals surface area contributed by atoms with Crippen molar-refractivity contribution in [1.29, 1.82) is 0 Å². The van der Waals surface area contributed by atoms with E-state index in [0.717, 1.165) is 0 Å². The number of anilines is 1. The maximum Gasteiger partial charge on any atom is 0.249 e. The predicted octanol–water partition coefficient (Wildman–Crippen LogP) is -1.15. The molecular weight excluding hydrogens is 198 g/mol. The summed E-state index contributed by atoms with van der Waals surface area (Å²) in [5.74, 6) is -1.00. The van der Waals surface area contributed by atoms with Crippen LogP contribution in [-0.2, 0) is 4.79 Å². The molecule has 1 heterocycles. The third kappa shape index (κ3) is 2.42. The largest absolute Gasteiger partial charge is 0.397 e. The van der Waals surface area contributed by atoms with Crippen LogP contribution >= 0.6 is 0 Å². The predicted molar refractivity (Wildman–Crippen MR) is 53.5 cm³/mol. The zero-order chi connectivity index (χ0) is 11.6. The van der Waals surface area contributed by atoms with Crippen LogP contribution in [0.15, 0.2) is 12.3 Å². The molecule has 0 aliphatic carbocycles. The van der Waals surface area contributed by atoms with Crippen LogP contribution in [0.4, 0.5) is 5.69 Å². The molecule has 2 atom stereocenters. The Kier molecular flexibility index (Phi) is 3.23. The molecule has 0 aliphatic heterocycles. The average molecular weight is 211 g/mol. The van der Waals surface area contributed by atoms with Gasteiger partial charge in [0.05, 0.1) is 17.6 Å². The van der Waals surface area contributed by atoms with E-state index >= 15 is 0 Å². The van der Waals surface area contributed by atoms with Gasteiger partial charge in [0.25, 0.3) is 0 Å². The number of nitrogen functional groups attached to an aromatic ring is 1. The van der Waals surface area contributed by atoms with E-state index in [-0.39, 0.29) is 5.69 Å². The highest BCUT2D eigenvalue weighted by Gasteiger charge is 2.24. The summed E-state index contributed by atoms with van der Waals surface area (Å²) in [5, 5.41) is 18.7. The van der Waals surface area contributed by atoms with Crippen molar-refractivity contribution in [2.45, 2.75) is 19.1 Å². The number of aryl methyl sites for hydroxylation is 1. The van der Waals surface area contributed by atoms with E-state index < -0.39 is 18.1 Å². The zero-order valence-electron chi connectivity index (χ0n) is 8.21. The molecule has 15 heavy (non-hydrogen) atoms. The number of aliphatic hydroxyl groups excluding tert-OH is 2. The number of aromatic nitrogens is 1. The van der Waals surface area contributed by atoms with Gasteiger partial charge in [0.1, 0.15) is 6.10 Å². The Labute approximate surface area is 86.5 Å². The molecule has 0 saturated heterocycles. The van der Waals surface area contributed by atoms with Crippen molar-refractivity contribution in [2.75, 3.05) is 5.73 Å². The van der Waals surface area contributed by atoms with E-state index in [2.05, 4.69) is 4.98 Å². The number of hydrogen-bond donors (Lipinski definition) is 4. The average Bonchev–Trinajstić information content (AvgIpc) is 2.19. The molecule has 0 aliphatic rings. The van der Waals surface area contributed by atoms with Crippen LogP contribution in [0.3, 0.4) is 0 Å². The number of rotatable bonds is 3. The Morgan fingerprint density at radius 2 is 2.13 bits per heavy atom. The first-order valence-corrected chi connectivity index (χ1v) is 4.31. The first-order valence-electron chi connectivity index (χ1n) is 4.31. The van der Waals surface area contributed by atoms with Crippen molar-refractivity contribution in [3.63, 3.8) is 0 Å². The number of hydrogen-bond acceptors (Lipinski definition) is 5. The van der Waals surface area contributed by atoms with E-state index in [0.29, 0.717) is 11.3 Å². The van der Waals surface area contributed by atoms with Crippen LogP contribution in [0.2, 0.25) is 0 Å². The zero-order valence-corrected chi connectivity index (χ0v) is 8.21.